The van der Waals surface area contributed by atoms with E-state index in [9.17, 15) is 4.79 Å². The summed E-state index contributed by atoms with van der Waals surface area (Å²) in [6.45, 7) is 1.23. The van der Waals surface area contributed by atoms with Crippen LogP contribution in [-0.4, -0.2) is 52.9 Å². The molecule has 0 bridgehead atoms. The average Bonchev–Trinajstić information content (AvgIpc) is 3.18. The maximum atomic E-state index is 12.6. The van der Waals surface area contributed by atoms with Crippen molar-refractivity contribution in [3.63, 3.8) is 0 Å². The SMILES string of the molecule is COCCOC1CCC(NC(=O)c2cc(Cl)nc(-n3ccnc3)c2)CC1. The lowest BCUT2D eigenvalue weighted by atomic mass is 9.92. The second kappa shape index (κ2) is 9.12. The van der Waals surface area contributed by atoms with Crippen LogP contribution in [-0.2, 0) is 9.47 Å². The molecule has 26 heavy (non-hydrogen) atoms. The standard InChI is InChI=1S/C18H23ClN4O3/c1-25-8-9-26-15-4-2-14(3-5-15)21-18(24)13-10-16(19)22-17(11-13)23-7-6-20-12-23/h6-7,10-12,14-15H,2-5,8-9H2,1H3,(H,21,24). The number of carbonyl (C=O) groups is 1. The summed E-state index contributed by atoms with van der Waals surface area (Å²) in [5.74, 6) is 0.426. The average molecular weight is 379 g/mol. The summed E-state index contributed by atoms with van der Waals surface area (Å²) >= 11 is 6.08. The zero-order chi connectivity index (χ0) is 18.4. The maximum Gasteiger partial charge on any atom is 0.251 e. The van der Waals surface area contributed by atoms with Crippen LogP contribution >= 0.6 is 11.6 Å². The number of aromatic nitrogens is 3. The van der Waals surface area contributed by atoms with Crippen molar-refractivity contribution >= 4 is 17.5 Å². The maximum absolute atomic E-state index is 12.6. The zero-order valence-corrected chi connectivity index (χ0v) is 15.5. The number of imidazole rings is 1. The minimum atomic E-state index is -0.139. The van der Waals surface area contributed by atoms with Crippen LogP contribution in [0.25, 0.3) is 5.82 Å². The summed E-state index contributed by atoms with van der Waals surface area (Å²) in [7, 11) is 1.67. The van der Waals surface area contributed by atoms with Gasteiger partial charge in [-0.05, 0) is 37.8 Å². The molecule has 7 nitrogen and oxygen atoms in total. The number of hydrogen-bond donors (Lipinski definition) is 1. The Labute approximate surface area is 157 Å². The molecule has 2 aromatic rings. The molecule has 1 aliphatic rings. The molecular weight excluding hydrogens is 356 g/mol. The van der Waals surface area contributed by atoms with Crippen molar-refractivity contribution in [1.82, 2.24) is 19.9 Å². The highest BCUT2D eigenvalue weighted by Gasteiger charge is 2.23. The number of methoxy groups -OCH3 is 1. The largest absolute Gasteiger partial charge is 0.382 e. The molecule has 1 amide bonds. The summed E-state index contributed by atoms with van der Waals surface area (Å²) in [6.07, 6.45) is 8.94. The molecule has 0 unspecified atom stereocenters. The van der Waals surface area contributed by atoms with Gasteiger partial charge >= 0.3 is 0 Å². The van der Waals surface area contributed by atoms with Gasteiger partial charge in [0.2, 0.25) is 0 Å². The number of nitrogens with zero attached hydrogens (tertiary/aromatic N) is 3. The molecule has 1 saturated carbocycles. The fourth-order valence-electron chi connectivity index (χ4n) is 3.08. The van der Waals surface area contributed by atoms with E-state index < -0.39 is 0 Å². The summed E-state index contributed by atoms with van der Waals surface area (Å²) in [5, 5.41) is 3.37. The number of nitrogens with one attached hydrogen (secondary N) is 1. The quantitative estimate of drug-likeness (QED) is 0.592. The number of rotatable bonds is 7. The van der Waals surface area contributed by atoms with Crippen LogP contribution in [0.1, 0.15) is 36.0 Å². The highest BCUT2D eigenvalue weighted by molar-refractivity contribution is 6.29. The van der Waals surface area contributed by atoms with Crippen molar-refractivity contribution in [3.05, 3.63) is 41.6 Å². The third-order valence-corrected chi connectivity index (χ3v) is 4.66. The Morgan fingerprint density at radius 3 is 2.81 bits per heavy atom. The van der Waals surface area contributed by atoms with Crippen molar-refractivity contribution < 1.29 is 14.3 Å². The molecule has 2 heterocycles. The molecule has 0 radical (unpaired) electrons. The zero-order valence-electron chi connectivity index (χ0n) is 14.7. The Balaban J connectivity index is 1.56. The van der Waals surface area contributed by atoms with Crippen LogP contribution in [0.5, 0.6) is 0 Å². The molecule has 0 saturated heterocycles. The van der Waals surface area contributed by atoms with Crippen molar-refractivity contribution in [2.24, 2.45) is 0 Å². The van der Waals surface area contributed by atoms with Crippen LogP contribution in [0.2, 0.25) is 5.15 Å². The lowest BCUT2D eigenvalue weighted by Crippen LogP contribution is -2.39. The number of pyridine rings is 1. The Hall–Kier alpha value is -1.96. The molecule has 1 fully saturated rings. The highest BCUT2D eigenvalue weighted by Crippen LogP contribution is 2.22. The monoisotopic (exact) mass is 378 g/mol. The van der Waals surface area contributed by atoms with E-state index in [2.05, 4.69) is 15.3 Å². The van der Waals surface area contributed by atoms with E-state index in [-0.39, 0.29) is 23.2 Å². The molecule has 0 aliphatic heterocycles. The van der Waals surface area contributed by atoms with E-state index >= 15 is 0 Å². The van der Waals surface area contributed by atoms with Gasteiger partial charge in [0.05, 0.1) is 19.3 Å². The lowest BCUT2D eigenvalue weighted by Gasteiger charge is -2.29. The minimum Gasteiger partial charge on any atom is -0.382 e. The van der Waals surface area contributed by atoms with E-state index in [1.54, 1.807) is 42.5 Å². The molecule has 8 heteroatoms. The number of amides is 1. The van der Waals surface area contributed by atoms with Gasteiger partial charge in [0.15, 0.2) is 0 Å². The number of ether oxygens (including phenoxy) is 2. The van der Waals surface area contributed by atoms with E-state index in [4.69, 9.17) is 21.1 Å². The second-order valence-corrected chi connectivity index (χ2v) is 6.70. The van der Waals surface area contributed by atoms with Gasteiger partial charge in [0.1, 0.15) is 17.3 Å². The molecule has 140 valence electrons. The smallest absolute Gasteiger partial charge is 0.251 e. The Morgan fingerprint density at radius 1 is 1.31 bits per heavy atom. The summed E-state index contributed by atoms with van der Waals surface area (Å²) < 4.78 is 12.5. The third-order valence-electron chi connectivity index (χ3n) is 4.46. The van der Waals surface area contributed by atoms with E-state index in [1.165, 1.54) is 0 Å². The van der Waals surface area contributed by atoms with Gasteiger partial charge in [-0.25, -0.2) is 9.97 Å². The first-order valence-corrected chi connectivity index (χ1v) is 9.11. The molecule has 0 atom stereocenters. The van der Waals surface area contributed by atoms with E-state index in [0.29, 0.717) is 24.6 Å². The first kappa shape index (κ1) is 18.8. The second-order valence-electron chi connectivity index (χ2n) is 6.32. The van der Waals surface area contributed by atoms with Crippen molar-refractivity contribution in [2.45, 2.75) is 37.8 Å². The third kappa shape index (κ3) is 5.03. The van der Waals surface area contributed by atoms with Crippen LogP contribution in [0, 0.1) is 0 Å². The molecular formula is C18H23ClN4O3. The topological polar surface area (TPSA) is 78.3 Å². The number of carbonyl (C=O) groups excluding carboxylic acids is 1. The molecule has 2 aromatic heterocycles. The van der Waals surface area contributed by atoms with Gasteiger partial charge in [-0.1, -0.05) is 11.6 Å². The molecule has 1 N–H and O–H groups in total. The van der Waals surface area contributed by atoms with Crippen molar-refractivity contribution in [2.75, 3.05) is 20.3 Å². The van der Waals surface area contributed by atoms with Crippen LogP contribution in [0.15, 0.2) is 30.9 Å². The van der Waals surface area contributed by atoms with Gasteiger partial charge < -0.3 is 14.8 Å². The predicted molar refractivity (Wildman–Crippen MR) is 97.7 cm³/mol. The minimum absolute atomic E-state index is 0.139. The first-order valence-electron chi connectivity index (χ1n) is 8.73. The summed E-state index contributed by atoms with van der Waals surface area (Å²) in [4.78, 5) is 20.8. The van der Waals surface area contributed by atoms with Gasteiger partial charge in [-0.2, -0.15) is 0 Å². The van der Waals surface area contributed by atoms with Gasteiger partial charge in [-0.15, -0.1) is 0 Å². The van der Waals surface area contributed by atoms with E-state index in [1.807, 2.05) is 0 Å². The summed E-state index contributed by atoms with van der Waals surface area (Å²) in [6, 6.07) is 3.44. The Bertz CT molecular complexity index is 715. The highest BCUT2D eigenvalue weighted by atomic mass is 35.5. The van der Waals surface area contributed by atoms with Crippen molar-refractivity contribution in [3.8, 4) is 5.82 Å². The number of halogens is 1. The summed E-state index contributed by atoms with van der Waals surface area (Å²) in [5.41, 5.74) is 0.493. The molecule has 1 aliphatic carbocycles. The van der Waals surface area contributed by atoms with Gasteiger partial charge in [-0.3, -0.25) is 9.36 Å². The molecule has 0 spiro atoms. The predicted octanol–water partition coefficient (Wildman–Crippen LogP) is 2.62. The van der Waals surface area contributed by atoms with Crippen LogP contribution < -0.4 is 5.32 Å². The van der Waals surface area contributed by atoms with Gasteiger partial charge in [0, 0.05) is 31.1 Å². The Morgan fingerprint density at radius 2 is 2.12 bits per heavy atom. The Kier molecular flexibility index (Phi) is 6.60. The van der Waals surface area contributed by atoms with Crippen molar-refractivity contribution in [1.29, 1.82) is 0 Å². The fraction of sp³-hybridized carbons (Fsp3) is 0.500. The van der Waals surface area contributed by atoms with Gasteiger partial charge in [0.25, 0.3) is 5.91 Å². The lowest BCUT2D eigenvalue weighted by molar-refractivity contribution is -0.00408. The first-order chi connectivity index (χ1) is 12.7. The number of hydrogen-bond acceptors (Lipinski definition) is 5. The molecule has 3 rings (SSSR count). The van der Waals surface area contributed by atoms with Crippen LogP contribution in [0.4, 0.5) is 0 Å². The van der Waals surface area contributed by atoms with Crippen LogP contribution in [0.3, 0.4) is 0 Å². The van der Waals surface area contributed by atoms with E-state index in [0.717, 1.165) is 25.7 Å². The normalized spacial score (nSPS) is 20.1. The fourth-order valence-corrected chi connectivity index (χ4v) is 3.29. The molecule has 0 aromatic carbocycles.